The second kappa shape index (κ2) is 3.86. The number of benzene rings is 1. The number of rotatable bonds is 1. The maximum Gasteiger partial charge on any atom is 0.101 e. The molecule has 0 saturated carbocycles. The van der Waals surface area contributed by atoms with Gasteiger partial charge in [0.15, 0.2) is 0 Å². The van der Waals surface area contributed by atoms with Crippen molar-refractivity contribution >= 4 is 11.5 Å². The first kappa shape index (κ1) is 10.8. The van der Waals surface area contributed by atoms with Crippen molar-refractivity contribution in [3.63, 3.8) is 0 Å². The molecule has 17 heavy (non-hydrogen) atoms. The summed E-state index contributed by atoms with van der Waals surface area (Å²) in [6, 6.07) is 6.61. The molecule has 0 spiro atoms. The quantitative estimate of drug-likeness (QED) is 0.781. The third-order valence-electron chi connectivity index (χ3n) is 3.84. The van der Waals surface area contributed by atoms with Crippen molar-refractivity contribution < 1.29 is 0 Å². The molecule has 0 atom stereocenters. The van der Waals surface area contributed by atoms with Gasteiger partial charge in [0.25, 0.3) is 0 Å². The minimum Gasteiger partial charge on any atom is -0.344 e. The molecule has 1 aromatic carbocycles. The summed E-state index contributed by atoms with van der Waals surface area (Å²) >= 11 is 0. The largest absolute Gasteiger partial charge is 0.344 e. The van der Waals surface area contributed by atoms with Crippen LogP contribution in [-0.4, -0.2) is 11.4 Å². The molecule has 1 aliphatic carbocycles. The van der Waals surface area contributed by atoms with Crippen molar-refractivity contribution in [2.45, 2.75) is 51.5 Å². The smallest absolute Gasteiger partial charge is 0.101 e. The summed E-state index contributed by atoms with van der Waals surface area (Å²) in [6.07, 6.45) is 5.99. The van der Waals surface area contributed by atoms with Crippen LogP contribution in [0.4, 0.5) is 5.69 Å². The standard InChI is InChI=1S/C15H20N2/c1-15(2)10-9-14(17-15)16-13-8-4-6-11-5-3-7-12(11)13/h4,6,8H,3,5,7,9-10H2,1-2H3,(H,16,17). The number of anilines is 1. The van der Waals surface area contributed by atoms with Crippen LogP contribution in [0.5, 0.6) is 0 Å². The fourth-order valence-electron chi connectivity index (χ4n) is 2.88. The fourth-order valence-corrected chi connectivity index (χ4v) is 2.88. The van der Waals surface area contributed by atoms with Gasteiger partial charge in [-0.05, 0) is 56.7 Å². The van der Waals surface area contributed by atoms with E-state index in [0.29, 0.717) is 0 Å². The number of nitrogens with zero attached hydrogens (tertiary/aromatic N) is 1. The molecule has 2 aliphatic rings. The van der Waals surface area contributed by atoms with Crippen LogP contribution >= 0.6 is 0 Å². The molecule has 2 nitrogen and oxygen atoms in total. The topological polar surface area (TPSA) is 24.4 Å². The minimum absolute atomic E-state index is 0.125. The van der Waals surface area contributed by atoms with E-state index in [9.17, 15) is 0 Å². The molecular formula is C15H20N2. The van der Waals surface area contributed by atoms with Crippen molar-refractivity contribution in [1.29, 1.82) is 0 Å². The van der Waals surface area contributed by atoms with Crippen LogP contribution in [0.2, 0.25) is 0 Å². The fraction of sp³-hybridized carbons (Fsp3) is 0.533. The third kappa shape index (κ3) is 2.08. The summed E-state index contributed by atoms with van der Waals surface area (Å²) in [5.41, 5.74) is 4.45. The molecule has 0 aromatic heterocycles. The second-order valence-corrected chi connectivity index (χ2v) is 5.79. The van der Waals surface area contributed by atoms with E-state index in [-0.39, 0.29) is 5.54 Å². The lowest BCUT2D eigenvalue weighted by Crippen LogP contribution is -2.12. The van der Waals surface area contributed by atoms with Gasteiger partial charge in [-0.25, -0.2) is 0 Å². The molecule has 0 radical (unpaired) electrons. The first-order valence-corrected chi connectivity index (χ1v) is 6.61. The van der Waals surface area contributed by atoms with E-state index in [2.05, 4.69) is 37.4 Å². The third-order valence-corrected chi connectivity index (χ3v) is 3.84. The summed E-state index contributed by atoms with van der Waals surface area (Å²) in [4.78, 5) is 4.75. The van der Waals surface area contributed by atoms with Crippen LogP contribution in [0.1, 0.15) is 44.2 Å². The van der Waals surface area contributed by atoms with E-state index >= 15 is 0 Å². The van der Waals surface area contributed by atoms with Gasteiger partial charge in [0.2, 0.25) is 0 Å². The number of hydrogen-bond acceptors (Lipinski definition) is 2. The Morgan fingerprint density at radius 2 is 2.06 bits per heavy atom. The molecule has 0 unspecified atom stereocenters. The number of fused-ring (bicyclic) bond motifs is 1. The highest BCUT2D eigenvalue weighted by molar-refractivity contribution is 5.97. The monoisotopic (exact) mass is 228 g/mol. The number of amidine groups is 1. The Labute approximate surface area is 103 Å². The van der Waals surface area contributed by atoms with Gasteiger partial charge >= 0.3 is 0 Å². The van der Waals surface area contributed by atoms with Gasteiger partial charge in [-0.1, -0.05) is 12.1 Å². The van der Waals surface area contributed by atoms with Gasteiger partial charge in [-0.3, -0.25) is 4.99 Å². The van der Waals surface area contributed by atoms with Crippen molar-refractivity contribution in [2.24, 2.45) is 4.99 Å². The van der Waals surface area contributed by atoms with Crippen LogP contribution in [0.25, 0.3) is 0 Å². The Bertz CT molecular complexity index is 472. The number of aliphatic imine (C=N–C) groups is 1. The number of aryl methyl sites for hydroxylation is 1. The zero-order chi connectivity index (χ0) is 11.9. The molecule has 3 rings (SSSR count). The van der Waals surface area contributed by atoms with Crippen LogP contribution in [0.3, 0.4) is 0 Å². The van der Waals surface area contributed by atoms with E-state index in [0.717, 1.165) is 18.7 Å². The van der Waals surface area contributed by atoms with Crippen LogP contribution in [0.15, 0.2) is 23.2 Å². The first-order chi connectivity index (χ1) is 8.14. The van der Waals surface area contributed by atoms with E-state index in [1.807, 2.05) is 0 Å². The molecule has 0 saturated heterocycles. The predicted octanol–water partition coefficient (Wildman–Crippen LogP) is 3.56. The van der Waals surface area contributed by atoms with E-state index in [1.165, 1.54) is 36.1 Å². The lowest BCUT2D eigenvalue weighted by molar-refractivity contribution is 0.522. The highest BCUT2D eigenvalue weighted by Gasteiger charge is 2.25. The van der Waals surface area contributed by atoms with Gasteiger partial charge in [0, 0.05) is 12.1 Å². The van der Waals surface area contributed by atoms with Gasteiger partial charge in [-0.15, -0.1) is 0 Å². The zero-order valence-corrected chi connectivity index (χ0v) is 10.7. The van der Waals surface area contributed by atoms with Crippen molar-refractivity contribution in [1.82, 2.24) is 0 Å². The lowest BCUT2D eigenvalue weighted by Gasteiger charge is -2.12. The van der Waals surface area contributed by atoms with Crippen molar-refractivity contribution in [3.8, 4) is 0 Å². The van der Waals surface area contributed by atoms with Crippen molar-refractivity contribution in [2.75, 3.05) is 5.32 Å². The highest BCUT2D eigenvalue weighted by atomic mass is 15.1. The Hall–Kier alpha value is -1.31. The lowest BCUT2D eigenvalue weighted by atomic mass is 10.0. The summed E-state index contributed by atoms with van der Waals surface area (Å²) in [7, 11) is 0. The Morgan fingerprint density at radius 1 is 1.18 bits per heavy atom. The maximum absolute atomic E-state index is 4.75. The average Bonchev–Trinajstić information content (AvgIpc) is 2.85. The summed E-state index contributed by atoms with van der Waals surface area (Å²) in [6.45, 7) is 4.41. The van der Waals surface area contributed by atoms with E-state index < -0.39 is 0 Å². The number of hydrogen-bond donors (Lipinski definition) is 1. The predicted molar refractivity (Wildman–Crippen MR) is 72.8 cm³/mol. The molecule has 0 bridgehead atoms. The highest BCUT2D eigenvalue weighted by Crippen LogP contribution is 2.31. The molecular weight excluding hydrogens is 208 g/mol. The first-order valence-electron chi connectivity index (χ1n) is 6.61. The van der Waals surface area contributed by atoms with Crippen LogP contribution in [0, 0.1) is 0 Å². The maximum atomic E-state index is 4.75. The zero-order valence-electron chi connectivity index (χ0n) is 10.7. The van der Waals surface area contributed by atoms with Gasteiger partial charge in [0.05, 0.1) is 5.54 Å². The molecule has 1 N–H and O–H groups in total. The summed E-state index contributed by atoms with van der Waals surface area (Å²) < 4.78 is 0. The van der Waals surface area contributed by atoms with E-state index in [4.69, 9.17) is 4.99 Å². The SMILES string of the molecule is CC1(C)CCC(Nc2cccc3c2CCC3)=N1. The van der Waals surface area contributed by atoms with Crippen LogP contribution in [-0.2, 0) is 12.8 Å². The molecule has 1 aromatic rings. The molecule has 0 amide bonds. The average molecular weight is 228 g/mol. The normalized spacial score (nSPS) is 21.2. The second-order valence-electron chi connectivity index (χ2n) is 5.79. The molecule has 1 aliphatic heterocycles. The molecule has 1 heterocycles. The number of nitrogens with one attached hydrogen (secondary N) is 1. The van der Waals surface area contributed by atoms with E-state index in [1.54, 1.807) is 0 Å². The van der Waals surface area contributed by atoms with Crippen molar-refractivity contribution in [3.05, 3.63) is 29.3 Å². The van der Waals surface area contributed by atoms with Gasteiger partial charge in [-0.2, -0.15) is 0 Å². The molecule has 90 valence electrons. The Morgan fingerprint density at radius 3 is 2.82 bits per heavy atom. The molecule has 2 heteroatoms. The van der Waals surface area contributed by atoms with Crippen LogP contribution < -0.4 is 5.32 Å². The molecule has 0 fully saturated rings. The van der Waals surface area contributed by atoms with Gasteiger partial charge < -0.3 is 5.32 Å². The Kier molecular flexibility index (Phi) is 2.46. The Balaban J connectivity index is 1.85. The van der Waals surface area contributed by atoms with Gasteiger partial charge in [0.1, 0.15) is 5.84 Å². The minimum atomic E-state index is 0.125. The summed E-state index contributed by atoms with van der Waals surface area (Å²) in [5, 5.41) is 3.55. The summed E-state index contributed by atoms with van der Waals surface area (Å²) in [5.74, 6) is 1.16.